The molecule has 0 aliphatic heterocycles. The lowest BCUT2D eigenvalue weighted by atomic mass is 10.1. The van der Waals surface area contributed by atoms with E-state index in [0.29, 0.717) is 24.4 Å². The monoisotopic (exact) mass is 463 g/mol. The number of pyridine rings is 1. The molecular formula is C27H21N5O3. The van der Waals surface area contributed by atoms with E-state index in [4.69, 9.17) is 4.74 Å². The van der Waals surface area contributed by atoms with Gasteiger partial charge in [-0.2, -0.15) is 4.98 Å². The zero-order valence-electron chi connectivity index (χ0n) is 18.7. The van der Waals surface area contributed by atoms with E-state index in [0.717, 1.165) is 16.5 Å². The molecule has 8 nitrogen and oxygen atoms in total. The normalized spacial score (nSPS) is 10.7. The molecule has 0 atom stereocenters. The van der Waals surface area contributed by atoms with Crippen LogP contribution >= 0.6 is 0 Å². The highest BCUT2D eigenvalue weighted by molar-refractivity contribution is 5.84. The molecular weight excluding hydrogens is 442 g/mol. The van der Waals surface area contributed by atoms with Gasteiger partial charge in [-0.15, -0.1) is 0 Å². The summed E-state index contributed by atoms with van der Waals surface area (Å²) < 4.78 is 5.99. The molecule has 8 heteroatoms. The molecule has 0 fully saturated rings. The van der Waals surface area contributed by atoms with Gasteiger partial charge in [0.1, 0.15) is 11.8 Å². The average Bonchev–Trinajstić information content (AvgIpc) is 2.89. The molecule has 2 heterocycles. The first-order valence-electron chi connectivity index (χ1n) is 11.0. The van der Waals surface area contributed by atoms with Gasteiger partial charge in [0, 0.05) is 24.7 Å². The molecule has 5 rings (SSSR count). The average molecular weight is 463 g/mol. The lowest BCUT2D eigenvalue weighted by Crippen LogP contribution is -2.24. The highest BCUT2D eigenvalue weighted by Gasteiger charge is 2.29. The number of hydrogen-bond donors (Lipinski definition) is 0. The summed E-state index contributed by atoms with van der Waals surface area (Å²) in [5, 5.41) is 13.2. The van der Waals surface area contributed by atoms with Gasteiger partial charge in [-0.05, 0) is 23.3 Å². The van der Waals surface area contributed by atoms with Gasteiger partial charge in [-0.3, -0.25) is 15.1 Å². The molecule has 35 heavy (non-hydrogen) atoms. The van der Waals surface area contributed by atoms with E-state index in [9.17, 15) is 10.1 Å². The number of para-hydroxylation sites is 1. The summed E-state index contributed by atoms with van der Waals surface area (Å²) >= 11 is 0. The molecule has 172 valence electrons. The Bertz CT molecular complexity index is 1420. The van der Waals surface area contributed by atoms with Crippen molar-refractivity contribution in [1.29, 1.82) is 0 Å². The maximum Gasteiger partial charge on any atom is 0.373 e. The van der Waals surface area contributed by atoms with Crippen molar-refractivity contribution < 1.29 is 9.66 Å². The third-order valence-electron chi connectivity index (χ3n) is 5.49. The van der Waals surface area contributed by atoms with E-state index in [2.05, 4.69) is 15.0 Å². The molecule has 3 aromatic carbocycles. The number of ether oxygens (including phenoxy) is 1. The van der Waals surface area contributed by atoms with Crippen LogP contribution in [0.15, 0.2) is 104 Å². The van der Waals surface area contributed by atoms with Gasteiger partial charge < -0.3 is 9.64 Å². The van der Waals surface area contributed by atoms with Gasteiger partial charge in [0.25, 0.3) is 0 Å². The van der Waals surface area contributed by atoms with Gasteiger partial charge >= 0.3 is 11.6 Å². The van der Waals surface area contributed by atoms with Crippen LogP contribution in [0.1, 0.15) is 11.1 Å². The van der Waals surface area contributed by atoms with Crippen molar-refractivity contribution in [3.8, 4) is 11.6 Å². The molecule has 0 bridgehead atoms. The van der Waals surface area contributed by atoms with Crippen LogP contribution < -0.4 is 9.64 Å². The standard InChI is InChI=1S/C27H21N5O3/c33-32(34)25-26(31(17-20-9-3-1-4-10-20)18-21-11-5-2-6-12-21)29-19-30-27(25)35-23-15-7-13-22-14-8-16-28-24(22)23/h1-16,19H,17-18H2. The van der Waals surface area contributed by atoms with Crippen molar-refractivity contribution in [3.63, 3.8) is 0 Å². The van der Waals surface area contributed by atoms with Crippen LogP contribution in [0, 0.1) is 10.1 Å². The summed E-state index contributed by atoms with van der Waals surface area (Å²) in [5.41, 5.74) is 2.29. The molecule has 0 unspecified atom stereocenters. The number of anilines is 1. The van der Waals surface area contributed by atoms with Crippen LogP contribution in [0.2, 0.25) is 0 Å². The Balaban J connectivity index is 1.58. The molecule has 2 aromatic heterocycles. The molecule has 0 radical (unpaired) electrons. The fraction of sp³-hybridized carbons (Fsp3) is 0.0741. The lowest BCUT2D eigenvalue weighted by Gasteiger charge is -2.24. The number of fused-ring (bicyclic) bond motifs is 1. The Hall–Kier alpha value is -4.85. The predicted molar refractivity (Wildman–Crippen MR) is 133 cm³/mol. The third-order valence-corrected chi connectivity index (χ3v) is 5.49. The first-order chi connectivity index (χ1) is 17.2. The number of nitrogens with zero attached hydrogens (tertiary/aromatic N) is 5. The first-order valence-corrected chi connectivity index (χ1v) is 11.0. The summed E-state index contributed by atoms with van der Waals surface area (Å²) in [7, 11) is 0. The Morgan fingerprint density at radius 1 is 0.771 bits per heavy atom. The minimum Gasteiger partial charge on any atom is -0.431 e. The Kier molecular flexibility index (Phi) is 6.25. The summed E-state index contributed by atoms with van der Waals surface area (Å²) in [6.45, 7) is 0.839. The number of nitro groups is 1. The van der Waals surface area contributed by atoms with Crippen LogP contribution in [-0.4, -0.2) is 19.9 Å². The Morgan fingerprint density at radius 3 is 2.09 bits per heavy atom. The van der Waals surface area contributed by atoms with E-state index in [-0.39, 0.29) is 17.4 Å². The second-order valence-corrected chi connectivity index (χ2v) is 7.87. The van der Waals surface area contributed by atoms with Crippen LogP contribution in [0.3, 0.4) is 0 Å². The fourth-order valence-electron chi connectivity index (χ4n) is 3.90. The topological polar surface area (TPSA) is 94.3 Å². The number of aromatic nitrogens is 3. The number of rotatable bonds is 8. The molecule has 0 N–H and O–H groups in total. The molecule has 0 spiro atoms. The first kappa shape index (κ1) is 22.0. The number of benzene rings is 3. The summed E-state index contributed by atoms with van der Waals surface area (Å²) in [4.78, 5) is 26.5. The van der Waals surface area contributed by atoms with Gasteiger partial charge in [0.15, 0.2) is 5.75 Å². The van der Waals surface area contributed by atoms with Crippen molar-refractivity contribution in [3.05, 3.63) is 125 Å². The van der Waals surface area contributed by atoms with Gasteiger partial charge in [-0.1, -0.05) is 78.9 Å². The zero-order valence-corrected chi connectivity index (χ0v) is 18.7. The van der Waals surface area contributed by atoms with Crippen molar-refractivity contribution in [2.45, 2.75) is 13.1 Å². The van der Waals surface area contributed by atoms with Crippen LogP contribution in [0.4, 0.5) is 11.5 Å². The largest absolute Gasteiger partial charge is 0.431 e. The smallest absolute Gasteiger partial charge is 0.373 e. The van der Waals surface area contributed by atoms with Gasteiger partial charge in [0.05, 0.1) is 4.92 Å². The highest BCUT2D eigenvalue weighted by atomic mass is 16.6. The summed E-state index contributed by atoms with van der Waals surface area (Å²) in [6.07, 6.45) is 2.94. The maximum absolute atomic E-state index is 12.3. The van der Waals surface area contributed by atoms with Crippen LogP contribution in [0.5, 0.6) is 11.6 Å². The van der Waals surface area contributed by atoms with Crippen molar-refractivity contribution >= 4 is 22.4 Å². The zero-order chi connectivity index (χ0) is 24.0. The summed E-state index contributed by atoms with van der Waals surface area (Å²) in [5.74, 6) is 0.429. The minimum absolute atomic E-state index is 0.135. The second-order valence-electron chi connectivity index (χ2n) is 7.87. The highest BCUT2D eigenvalue weighted by Crippen LogP contribution is 2.38. The molecule has 0 amide bonds. The summed E-state index contributed by atoms with van der Waals surface area (Å²) in [6, 6.07) is 28.7. The predicted octanol–water partition coefficient (Wildman–Crippen LogP) is 5.93. The lowest BCUT2D eigenvalue weighted by molar-refractivity contribution is -0.385. The Morgan fingerprint density at radius 2 is 1.43 bits per heavy atom. The van der Waals surface area contributed by atoms with Crippen molar-refractivity contribution in [2.75, 3.05) is 4.90 Å². The van der Waals surface area contributed by atoms with E-state index in [1.807, 2.05) is 89.8 Å². The third kappa shape index (κ3) is 4.91. The molecule has 0 saturated carbocycles. The maximum atomic E-state index is 12.3. The second kappa shape index (κ2) is 9.96. The molecule has 0 aliphatic carbocycles. The molecule has 5 aromatic rings. The Labute approximate surface area is 201 Å². The number of hydrogen-bond acceptors (Lipinski definition) is 7. The van der Waals surface area contributed by atoms with Gasteiger partial charge in [0.2, 0.25) is 5.82 Å². The molecule has 0 aliphatic rings. The van der Waals surface area contributed by atoms with E-state index in [1.54, 1.807) is 12.3 Å². The van der Waals surface area contributed by atoms with Gasteiger partial charge in [-0.25, -0.2) is 4.98 Å². The SMILES string of the molecule is O=[N+]([O-])c1c(Oc2cccc3cccnc23)ncnc1N(Cc1ccccc1)Cc1ccccc1. The van der Waals surface area contributed by atoms with Crippen molar-refractivity contribution in [2.24, 2.45) is 0 Å². The van der Waals surface area contributed by atoms with Crippen molar-refractivity contribution in [1.82, 2.24) is 15.0 Å². The van der Waals surface area contributed by atoms with Crippen LogP contribution in [0.25, 0.3) is 10.9 Å². The van der Waals surface area contributed by atoms with E-state index < -0.39 is 4.92 Å². The van der Waals surface area contributed by atoms with E-state index in [1.165, 1.54) is 6.33 Å². The fourth-order valence-corrected chi connectivity index (χ4v) is 3.90. The quantitative estimate of drug-likeness (QED) is 0.208. The van der Waals surface area contributed by atoms with E-state index >= 15 is 0 Å². The molecule has 0 saturated heterocycles. The minimum atomic E-state index is -0.494. The van der Waals surface area contributed by atoms with Crippen LogP contribution in [-0.2, 0) is 13.1 Å².